The fraction of sp³-hybridized carbons (Fsp3) is 0.125. The van der Waals surface area contributed by atoms with Crippen molar-refractivity contribution in [3.63, 3.8) is 0 Å². The smallest absolute Gasteiger partial charge is 0.385 e. The largest absolute Gasteiger partial charge is 0.400 e. The summed E-state index contributed by atoms with van der Waals surface area (Å²) in [4.78, 5) is 4.99. The van der Waals surface area contributed by atoms with Gasteiger partial charge in [0.05, 0.1) is 4.73 Å². The van der Waals surface area contributed by atoms with Crippen molar-refractivity contribution >= 4 is 11.1 Å². The highest BCUT2D eigenvalue weighted by Crippen LogP contribution is 2.07. The van der Waals surface area contributed by atoms with Crippen LogP contribution in [0.4, 0.5) is 0 Å². The van der Waals surface area contributed by atoms with E-state index in [2.05, 4.69) is 0 Å². The molecule has 0 aliphatic rings. The maximum atomic E-state index is 5.18. The third-order valence-corrected chi connectivity index (χ3v) is 1.57. The highest BCUT2D eigenvalue weighted by atomic mass is 16.7. The van der Waals surface area contributed by atoms with Crippen LogP contribution >= 0.6 is 0 Å². The zero-order valence-electron chi connectivity index (χ0n) is 6.15. The lowest BCUT2D eigenvalue weighted by molar-refractivity contribution is -0.868. The summed E-state index contributed by atoms with van der Waals surface area (Å²) in [5, 5.41) is 0. The number of oxazole rings is 1. The molecule has 2 rings (SSSR count). The van der Waals surface area contributed by atoms with E-state index in [9.17, 15) is 0 Å². The highest BCUT2D eigenvalue weighted by molar-refractivity contribution is 5.67. The van der Waals surface area contributed by atoms with Crippen LogP contribution in [0.15, 0.2) is 35.1 Å². The average Bonchev–Trinajstić information content (AvgIpc) is 2.47. The lowest BCUT2D eigenvalue weighted by Crippen LogP contribution is -2.38. The Balaban J connectivity index is 2.76. The summed E-state index contributed by atoms with van der Waals surface area (Å²) >= 11 is 0. The van der Waals surface area contributed by atoms with Crippen LogP contribution in [0.2, 0.25) is 0 Å². The molecule has 0 aliphatic carbocycles. The quantitative estimate of drug-likeness (QED) is 0.561. The maximum absolute atomic E-state index is 5.18. The first-order valence-corrected chi connectivity index (χ1v) is 3.34. The molecule has 1 aromatic carbocycles. The normalized spacial score (nSPS) is 10.3. The van der Waals surface area contributed by atoms with E-state index in [0.717, 1.165) is 11.1 Å². The van der Waals surface area contributed by atoms with Crippen molar-refractivity contribution in [1.29, 1.82) is 0 Å². The molecular weight excluding hydrogens is 142 g/mol. The molecule has 0 fully saturated rings. The first-order valence-electron chi connectivity index (χ1n) is 3.34. The van der Waals surface area contributed by atoms with Crippen LogP contribution in [0.5, 0.6) is 0 Å². The van der Waals surface area contributed by atoms with Gasteiger partial charge in [-0.15, -0.1) is 0 Å². The predicted octanol–water partition coefficient (Wildman–Crippen LogP) is 0.779. The van der Waals surface area contributed by atoms with Gasteiger partial charge in [-0.25, -0.2) is 0 Å². The van der Waals surface area contributed by atoms with E-state index in [0.29, 0.717) is 0 Å². The SMILES string of the molecule is CO[n+]1coc2ccccc21. The summed E-state index contributed by atoms with van der Waals surface area (Å²) in [6.45, 7) is 0. The zero-order chi connectivity index (χ0) is 7.68. The topological polar surface area (TPSA) is 26.2 Å². The molecule has 2 aromatic rings. The van der Waals surface area contributed by atoms with Gasteiger partial charge in [-0.1, -0.05) is 12.1 Å². The van der Waals surface area contributed by atoms with Crippen LogP contribution in [-0.4, -0.2) is 7.11 Å². The minimum atomic E-state index is 0.828. The zero-order valence-corrected chi connectivity index (χ0v) is 6.15. The Kier molecular flexibility index (Phi) is 1.28. The molecule has 0 bridgehead atoms. The molecule has 0 aliphatic heterocycles. The summed E-state index contributed by atoms with van der Waals surface area (Å²) < 4.78 is 6.76. The van der Waals surface area contributed by atoms with E-state index in [-0.39, 0.29) is 0 Å². The lowest BCUT2D eigenvalue weighted by atomic mass is 10.3. The Morgan fingerprint density at radius 2 is 2.18 bits per heavy atom. The Bertz CT molecular complexity index is 367. The fourth-order valence-corrected chi connectivity index (χ4v) is 1.04. The van der Waals surface area contributed by atoms with E-state index in [1.165, 1.54) is 6.39 Å². The van der Waals surface area contributed by atoms with E-state index in [1.807, 2.05) is 24.3 Å². The van der Waals surface area contributed by atoms with Crippen LogP contribution in [0.3, 0.4) is 0 Å². The van der Waals surface area contributed by atoms with Gasteiger partial charge in [0.2, 0.25) is 5.58 Å². The standard InChI is InChI=1S/C8H8NO2/c1-10-9-6-11-8-5-3-2-4-7(8)9/h2-6H,1H3/q+1. The van der Waals surface area contributed by atoms with Crippen LogP contribution in [-0.2, 0) is 0 Å². The minimum absolute atomic E-state index is 0.828. The monoisotopic (exact) mass is 150 g/mol. The Morgan fingerprint density at radius 1 is 1.36 bits per heavy atom. The molecule has 0 amide bonds. The van der Waals surface area contributed by atoms with Crippen LogP contribution in [0.25, 0.3) is 11.1 Å². The fourth-order valence-electron chi connectivity index (χ4n) is 1.04. The van der Waals surface area contributed by atoms with Crippen molar-refractivity contribution in [2.24, 2.45) is 0 Å². The van der Waals surface area contributed by atoms with Crippen molar-refractivity contribution in [1.82, 2.24) is 0 Å². The third-order valence-electron chi connectivity index (χ3n) is 1.57. The molecule has 1 heterocycles. The molecule has 56 valence electrons. The van der Waals surface area contributed by atoms with Crippen LogP contribution < -0.4 is 9.57 Å². The second-order valence-electron chi connectivity index (χ2n) is 2.20. The Hall–Kier alpha value is -1.51. The van der Waals surface area contributed by atoms with Crippen LogP contribution in [0, 0.1) is 0 Å². The maximum Gasteiger partial charge on any atom is 0.385 e. The van der Waals surface area contributed by atoms with Gasteiger partial charge in [0.15, 0.2) is 0 Å². The summed E-state index contributed by atoms with van der Waals surface area (Å²) in [5.74, 6) is 0. The third kappa shape index (κ3) is 0.852. The second-order valence-corrected chi connectivity index (χ2v) is 2.20. The molecule has 0 spiro atoms. The lowest BCUT2D eigenvalue weighted by Gasteiger charge is -1.82. The van der Waals surface area contributed by atoms with E-state index in [1.54, 1.807) is 11.8 Å². The molecule has 11 heavy (non-hydrogen) atoms. The number of fused-ring (bicyclic) bond motifs is 1. The molecule has 0 saturated carbocycles. The summed E-state index contributed by atoms with van der Waals surface area (Å²) in [6, 6.07) is 7.69. The first kappa shape index (κ1) is 6.22. The molecule has 0 N–H and O–H groups in total. The molecule has 0 radical (unpaired) electrons. The van der Waals surface area contributed by atoms with Crippen molar-refractivity contribution in [3.05, 3.63) is 30.7 Å². The average molecular weight is 150 g/mol. The number of hydrogen-bond acceptors (Lipinski definition) is 2. The Morgan fingerprint density at radius 3 is 3.00 bits per heavy atom. The van der Waals surface area contributed by atoms with Crippen molar-refractivity contribution in [2.45, 2.75) is 0 Å². The van der Waals surface area contributed by atoms with E-state index >= 15 is 0 Å². The van der Waals surface area contributed by atoms with Gasteiger partial charge in [0.25, 0.3) is 0 Å². The number of para-hydroxylation sites is 2. The minimum Gasteiger partial charge on any atom is -0.400 e. The van der Waals surface area contributed by atoms with Gasteiger partial charge in [-0.3, -0.25) is 4.84 Å². The number of rotatable bonds is 1. The number of aromatic nitrogens is 1. The predicted molar refractivity (Wildman–Crippen MR) is 38.9 cm³/mol. The second kappa shape index (κ2) is 2.27. The van der Waals surface area contributed by atoms with Gasteiger partial charge in [0.1, 0.15) is 7.11 Å². The van der Waals surface area contributed by atoms with Gasteiger partial charge in [0, 0.05) is 6.07 Å². The Labute approximate surface area is 63.8 Å². The molecule has 0 unspecified atom stereocenters. The summed E-state index contributed by atoms with van der Waals surface area (Å²) in [5.41, 5.74) is 1.77. The van der Waals surface area contributed by atoms with Crippen molar-refractivity contribution < 1.29 is 14.0 Å². The summed E-state index contributed by atoms with van der Waals surface area (Å²) in [6.07, 6.45) is 1.53. The van der Waals surface area contributed by atoms with Crippen molar-refractivity contribution in [2.75, 3.05) is 7.11 Å². The molecular formula is C8H8NO2+. The van der Waals surface area contributed by atoms with Gasteiger partial charge in [-0.2, -0.15) is 0 Å². The van der Waals surface area contributed by atoms with Crippen LogP contribution in [0.1, 0.15) is 0 Å². The number of nitrogens with zero attached hydrogens (tertiary/aromatic N) is 1. The molecule has 3 nitrogen and oxygen atoms in total. The molecule has 3 heteroatoms. The molecule has 1 aromatic heterocycles. The molecule has 0 atom stereocenters. The molecule has 0 saturated heterocycles. The van der Waals surface area contributed by atoms with Gasteiger partial charge < -0.3 is 4.42 Å². The van der Waals surface area contributed by atoms with E-state index in [4.69, 9.17) is 9.25 Å². The number of benzene rings is 1. The van der Waals surface area contributed by atoms with Gasteiger partial charge in [-0.05, 0) is 6.07 Å². The van der Waals surface area contributed by atoms with Crippen molar-refractivity contribution in [3.8, 4) is 0 Å². The number of hydrogen-bond donors (Lipinski definition) is 0. The first-order chi connectivity index (χ1) is 5.42. The highest BCUT2D eigenvalue weighted by Gasteiger charge is 2.11. The van der Waals surface area contributed by atoms with E-state index < -0.39 is 0 Å². The summed E-state index contributed by atoms with van der Waals surface area (Å²) in [7, 11) is 1.60. The van der Waals surface area contributed by atoms with Gasteiger partial charge >= 0.3 is 11.9 Å².